The van der Waals surface area contributed by atoms with Crippen molar-refractivity contribution in [3.63, 3.8) is 0 Å². The Morgan fingerprint density at radius 1 is 1.45 bits per heavy atom. The van der Waals surface area contributed by atoms with Gasteiger partial charge in [-0.15, -0.1) is 0 Å². The summed E-state index contributed by atoms with van der Waals surface area (Å²) in [5, 5.41) is 3.96. The van der Waals surface area contributed by atoms with Crippen molar-refractivity contribution in [1.82, 2.24) is 19.9 Å². The first-order valence-electron chi connectivity index (χ1n) is 7.23. The summed E-state index contributed by atoms with van der Waals surface area (Å²) < 4.78 is 10.2. The standard InChI is InChI=1S/C13H25N5O2/c1-3-11-9-17(4-5-18(11)6-7-19-2)10-12-15-13(8-14)20-16-12/h11H,3-10,14H2,1-2H3. The van der Waals surface area contributed by atoms with Gasteiger partial charge >= 0.3 is 0 Å². The lowest BCUT2D eigenvalue weighted by molar-refractivity contribution is 0.0452. The molecule has 1 atom stereocenters. The van der Waals surface area contributed by atoms with E-state index in [0.717, 1.165) is 51.6 Å². The van der Waals surface area contributed by atoms with Gasteiger partial charge in [0.05, 0.1) is 19.7 Å². The molecule has 0 radical (unpaired) electrons. The van der Waals surface area contributed by atoms with Gasteiger partial charge in [-0.05, 0) is 6.42 Å². The minimum atomic E-state index is 0.301. The molecule has 1 fully saturated rings. The maximum Gasteiger partial charge on any atom is 0.240 e. The summed E-state index contributed by atoms with van der Waals surface area (Å²) in [6.07, 6.45) is 1.14. The van der Waals surface area contributed by atoms with Crippen LogP contribution in [0.25, 0.3) is 0 Å². The summed E-state index contributed by atoms with van der Waals surface area (Å²) in [5.74, 6) is 1.23. The second-order valence-electron chi connectivity index (χ2n) is 5.13. The van der Waals surface area contributed by atoms with Gasteiger partial charge in [0.1, 0.15) is 0 Å². The molecule has 1 aliphatic rings. The van der Waals surface area contributed by atoms with E-state index in [4.69, 9.17) is 15.0 Å². The van der Waals surface area contributed by atoms with Crippen molar-refractivity contribution in [2.75, 3.05) is 39.9 Å². The van der Waals surface area contributed by atoms with E-state index in [2.05, 4.69) is 26.9 Å². The normalized spacial score (nSPS) is 21.4. The highest BCUT2D eigenvalue weighted by Crippen LogP contribution is 2.14. The Hall–Kier alpha value is -1.02. The molecule has 20 heavy (non-hydrogen) atoms. The van der Waals surface area contributed by atoms with Gasteiger partial charge in [-0.1, -0.05) is 12.1 Å². The van der Waals surface area contributed by atoms with Crippen molar-refractivity contribution >= 4 is 0 Å². The van der Waals surface area contributed by atoms with E-state index in [1.165, 1.54) is 0 Å². The van der Waals surface area contributed by atoms with Gasteiger partial charge < -0.3 is 15.0 Å². The van der Waals surface area contributed by atoms with Gasteiger partial charge in [-0.3, -0.25) is 9.80 Å². The highest BCUT2D eigenvalue weighted by molar-refractivity contribution is 4.89. The van der Waals surface area contributed by atoms with Gasteiger partial charge in [0.2, 0.25) is 5.89 Å². The molecule has 7 nitrogen and oxygen atoms in total. The van der Waals surface area contributed by atoms with E-state index < -0.39 is 0 Å². The molecule has 2 rings (SSSR count). The van der Waals surface area contributed by atoms with E-state index in [1.807, 2.05) is 0 Å². The molecule has 1 saturated heterocycles. The predicted octanol–water partition coefficient (Wildman–Crippen LogP) is 0.0709. The molecule has 7 heteroatoms. The molecule has 2 N–H and O–H groups in total. The molecule has 0 saturated carbocycles. The first kappa shape index (κ1) is 15.4. The lowest BCUT2D eigenvalue weighted by atomic mass is 10.1. The Labute approximate surface area is 120 Å². The minimum absolute atomic E-state index is 0.301. The monoisotopic (exact) mass is 283 g/mol. The molecular formula is C13H25N5O2. The summed E-state index contributed by atoms with van der Waals surface area (Å²) >= 11 is 0. The van der Waals surface area contributed by atoms with Crippen molar-refractivity contribution in [3.05, 3.63) is 11.7 Å². The first-order valence-corrected chi connectivity index (χ1v) is 7.23. The van der Waals surface area contributed by atoms with Crippen LogP contribution in [0.3, 0.4) is 0 Å². The van der Waals surface area contributed by atoms with Gasteiger partial charge in [0.15, 0.2) is 5.82 Å². The van der Waals surface area contributed by atoms with E-state index in [1.54, 1.807) is 7.11 Å². The summed E-state index contributed by atoms with van der Waals surface area (Å²) in [7, 11) is 1.75. The van der Waals surface area contributed by atoms with Crippen LogP contribution in [0.15, 0.2) is 4.52 Å². The van der Waals surface area contributed by atoms with Gasteiger partial charge in [0.25, 0.3) is 0 Å². The van der Waals surface area contributed by atoms with Gasteiger partial charge in [-0.2, -0.15) is 4.98 Å². The zero-order valence-corrected chi connectivity index (χ0v) is 12.4. The Bertz CT molecular complexity index is 398. The Kier molecular flexibility index (Phi) is 5.90. The summed E-state index contributed by atoms with van der Waals surface area (Å²) in [5.41, 5.74) is 5.48. The van der Waals surface area contributed by atoms with Crippen LogP contribution in [0.1, 0.15) is 25.1 Å². The van der Waals surface area contributed by atoms with Crippen LogP contribution in [-0.2, 0) is 17.8 Å². The fraction of sp³-hybridized carbons (Fsp3) is 0.846. The number of nitrogens with two attached hydrogens (primary N) is 1. The smallest absolute Gasteiger partial charge is 0.240 e. The molecule has 1 aromatic rings. The van der Waals surface area contributed by atoms with E-state index in [-0.39, 0.29) is 0 Å². The molecular weight excluding hydrogens is 258 g/mol. The number of methoxy groups -OCH3 is 1. The van der Waals surface area contributed by atoms with Crippen LogP contribution in [0.2, 0.25) is 0 Å². The van der Waals surface area contributed by atoms with Crippen LogP contribution in [0.4, 0.5) is 0 Å². The van der Waals surface area contributed by atoms with Crippen LogP contribution >= 0.6 is 0 Å². The molecule has 0 aromatic carbocycles. The maximum atomic E-state index is 5.48. The third-order valence-electron chi connectivity index (χ3n) is 3.79. The van der Waals surface area contributed by atoms with Crippen LogP contribution in [0.5, 0.6) is 0 Å². The summed E-state index contributed by atoms with van der Waals surface area (Å²) in [6, 6.07) is 0.569. The SMILES string of the molecule is CCC1CN(Cc2noc(CN)n2)CCN1CCOC. The number of aromatic nitrogens is 2. The molecule has 0 spiro atoms. The fourth-order valence-corrected chi connectivity index (χ4v) is 2.63. The van der Waals surface area contributed by atoms with E-state index in [0.29, 0.717) is 18.5 Å². The third-order valence-corrected chi connectivity index (χ3v) is 3.79. The summed E-state index contributed by atoms with van der Waals surface area (Å²) in [6.45, 7) is 8.18. The topological polar surface area (TPSA) is 80.7 Å². The second-order valence-corrected chi connectivity index (χ2v) is 5.13. The average Bonchev–Trinajstić information content (AvgIpc) is 2.93. The Balaban J connectivity index is 1.86. The molecule has 1 unspecified atom stereocenters. The highest BCUT2D eigenvalue weighted by Gasteiger charge is 2.26. The molecule has 1 aromatic heterocycles. The number of rotatable bonds is 7. The van der Waals surface area contributed by atoms with Gasteiger partial charge in [0, 0.05) is 39.3 Å². The molecule has 0 aliphatic carbocycles. The van der Waals surface area contributed by atoms with Crippen LogP contribution in [0, 0.1) is 0 Å². The van der Waals surface area contributed by atoms with Crippen molar-refractivity contribution in [2.24, 2.45) is 5.73 Å². The third kappa shape index (κ3) is 3.99. The molecule has 1 aliphatic heterocycles. The summed E-state index contributed by atoms with van der Waals surface area (Å²) in [4.78, 5) is 9.14. The number of nitrogens with zero attached hydrogens (tertiary/aromatic N) is 4. The van der Waals surface area contributed by atoms with Crippen molar-refractivity contribution in [2.45, 2.75) is 32.5 Å². The molecule has 0 bridgehead atoms. The number of hydrogen-bond donors (Lipinski definition) is 1. The number of piperazine rings is 1. The second kappa shape index (κ2) is 7.68. The zero-order valence-electron chi connectivity index (χ0n) is 12.4. The van der Waals surface area contributed by atoms with E-state index >= 15 is 0 Å². The van der Waals surface area contributed by atoms with Crippen molar-refractivity contribution < 1.29 is 9.26 Å². The number of ether oxygens (including phenoxy) is 1. The Morgan fingerprint density at radius 3 is 2.95 bits per heavy atom. The zero-order chi connectivity index (χ0) is 14.4. The van der Waals surface area contributed by atoms with Crippen LogP contribution in [-0.4, -0.2) is 65.9 Å². The van der Waals surface area contributed by atoms with Gasteiger partial charge in [-0.25, -0.2) is 0 Å². The van der Waals surface area contributed by atoms with Crippen LogP contribution < -0.4 is 5.73 Å². The fourth-order valence-electron chi connectivity index (χ4n) is 2.63. The largest absolute Gasteiger partial charge is 0.383 e. The lowest BCUT2D eigenvalue weighted by Gasteiger charge is -2.40. The molecule has 0 amide bonds. The maximum absolute atomic E-state index is 5.48. The van der Waals surface area contributed by atoms with E-state index in [9.17, 15) is 0 Å². The first-order chi connectivity index (χ1) is 9.76. The average molecular weight is 283 g/mol. The molecule has 2 heterocycles. The Morgan fingerprint density at radius 2 is 2.30 bits per heavy atom. The predicted molar refractivity (Wildman–Crippen MR) is 75.0 cm³/mol. The van der Waals surface area contributed by atoms with Crippen molar-refractivity contribution in [1.29, 1.82) is 0 Å². The quantitative estimate of drug-likeness (QED) is 0.758. The highest BCUT2D eigenvalue weighted by atomic mass is 16.5. The number of hydrogen-bond acceptors (Lipinski definition) is 7. The minimum Gasteiger partial charge on any atom is -0.383 e. The van der Waals surface area contributed by atoms with Crippen molar-refractivity contribution in [3.8, 4) is 0 Å². The lowest BCUT2D eigenvalue weighted by Crippen LogP contribution is -2.53. The molecule has 114 valence electrons.